The molecule has 0 spiro atoms. The lowest BCUT2D eigenvalue weighted by atomic mass is 9.83. The van der Waals surface area contributed by atoms with E-state index >= 15 is 0 Å². The van der Waals surface area contributed by atoms with Crippen molar-refractivity contribution in [1.82, 2.24) is 5.32 Å². The Balaban J connectivity index is 2.30. The van der Waals surface area contributed by atoms with E-state index in [9.17, 15) is 13.6 Å². The highest BCUT2D eigenvalue weighted by molar-refractivity contribution is 6.03. The van der Waals surface area contributed by atoms with Gasteiger partial charge in [0.15, 0.2) is 5.78 Å². The van der Waals surface area contributed by atoms with E-state index in [1.165, 1.54) is 6.07 Å². The molecule has 0 saturated carbocycles. The monoisotopic (exact) mass is 239 g/mol. The summed E-state index contributed by atoms with van der Waals surface area (Å²) in [5, 5.41) is 3.13. The number of piperidine rings is 1. The zero-order valence-electron chi connectivity index (χ0n) is 9.72. The minimum atomic E-state index is -0.788. The van der Waals surface area contributed by atoms with Crippen molar-refractivity contribution in [2.75, 3.05) is 6.54 Å². The Morgan fingerprint density at radius 3 is 2.71 bits per heavy atom. The number of hydrogen-bond donors (Lipinski definition) is 1. The van der Waals surface area contributed by atoms with Gasteiger partial charge in [-0.1, -0.05) is 0 Å². The zero-order valence-corrected chi connectivity index (χ0v) is 9.72. The quantitative estimate of drug-likeness (QED) is 0.804. The minimum absolute atomic E-state index is 0.0386. The van der Waals surface area contributed by atoms with E-state index < -0.39 is 17.2 Å². The van der Waals surface area contributed by atoms with Gasteiger partial charge in [0.05, 0.1) is 11.1 Å². The third-order valence-electron chi connectivity index (χ3n) is 3.30. The Kier molecular flexibility index (Phi) is 3.24. The van der Waals surface area contributed by atoms with Gasteiger partial charge in [0, 0.05) is 6.07 Å². The molecule has 0 amide bonds. The van der Waals surface area contributed by atoms with Crippen LogP contribution in [0.15, 0.2) is 18.2 Å². The average Bonchev–Trinajstić information content (AvgIpc) is 2.29. The minimum Gasteiger partial charge on any atom is -0.305 e. The van der Waals surface area contributed by atoms with Gasteiger partial charge in [0.1, 0.15) is 11.6 Å². The average molecular weight is 239 g/mol. The molecule has 1 unspecified atom stereocenters. The third kappa shape index (κ3) is 2.36. The molecule has 1 aromatic rings. The smallest absolute Gasteiger partial charge is 0.185 e. The predicted molar refractivity (Wildman–Crippen MR) is 60.9 cm³/mol. The molecule has 1 aliphatic rings. The molecule has 4 heteroatoms. The van der Waals surface area contributed by atoms with Crippen molar-refractivity contribution < 1.29 is 13.6 Å². The van der Waals surface area contributed by atoms with Crippen molar-refractivity contribution in [2.45, 2.75) is 31.7 Å². The summed E-state index contributed by atoms with van der Waals surface area (Å²) < 4.78 is 26.3. The Morgan fingerprint density at radius 1 is 1.35 bits per heavy atom. The molecule has 0 aromatic heterocycles. The molecule has 1 saturated heterocycles. The van der Waals surface area contributed by atoms with E-state index in [1.54, 1.807) is 6.92 Å². The summed E-state index contributed by atoms with van der Waals surface area (Å²) in [5.41, 5.74) is -0.764. The van der Waals surface area contributed by atoms with E-state index in [0.29, 0.717) is 6.42 Å². The molecular weight excluding hydrogens is 224 g/mol. The number of hydrogen-bond acceptors (Lipinski definition) is 2. The van der Waals surface area contributed by atoms with Crippen LogP contribution in [0.5, 0.6) is 0 Å². The molecule has 1 atom stereocenters. The first-order valence-electron chi connectivity index (χ1n) is 5.78. The topological polar surface area (TPSA) is 29.1 Å². The van der Waals surface area contributed by atoms with Crippen molar-refractivity contribution in [3.8, 4) is 0 Å². The molecule has 0 bridgehead atoms. The van der Waals surface area contributed by atoms with Gasteiger partial charge in [-0.15, -0.1) is 0 Å². The molecule has 1 aliphatic heterocycles. The van der Waals surface area contributed by atoms with Crippen LogP contribution in [0.25, 0.3) is 0 Å². The van der Waals surface area contributed by atoms with Crippen molar-refractivity contribution in [1.29, 1.82) is 0 Å². The number of Topliss-reactive ketones (excluding diaryl/α,β-unsaturated/α-hetero) is 1. The first kappa shape index (κ1) is 12.2. The lowest BCUT2D eigenvalue weighted by Crippen LogP contribution is -2.52. The number of nitrogens with one attached hydrogen (secondary N) is 1. The molecule has 17 heavy (non-hydrogen) atoms. The van der Waals surface area contributed by atoms with Gasteiger partial charge < -0.3 is 5.32 Å². The molecule has 1 fully saturated rings. The molecule has 1 heterocycles. The normalized spacial score (nSPS) is 24.6. The first-order chi connectivity index (χ1) is 8.03. The summed E-state index contributed by atoms with van der Waals surface area (Å²) in [4.78, 5) is 12.2. The summed E-state index contributed by atoms with van der Waals surface area (Å²) in [6.07, 6.45) is 2.65. The van der Waals surface area contributed by atoms with E-state index in [2.05, 4.69) is 5.32 Å². The number of carbonyl (C=O) groups is 1. The summed E-state index contributed by atoms with van der Waals surface area (Å²) in [6, 6.07) is 3.08. The number of halogens is 2. The molecule has 2 rings (SSSR count). The predicted octanol–water partition coefficient (Wildman–Crippen LogP) is 2.68. The highest BCUT2D eigenvalue weighted by atomic mass is 19.1. The fraction of sp³-hybridized carbons (Fsp3) is 0.462. The summed E-state index contributed by atoms with van der Waals surface area (Å²) in [5.74, 6) is -1.75. The number of ketones is 1. The van der Waals surface area contributed by atoms with Gasteiger partial charge in [-0.25, -0.2) is 8.78 Å². The second-order valence-electron chi connectivity index (χ2n) is 4.67. The Hall–Kier alpha value is -1.29. The van der Waals surface area contributed by atoms with Crippen LogP contribution in [0.2, 0.25) is 0 Å². The van der Waals surface area contributed by atoms with E-state index in [1.807, 2.05) is 0 Å². The van der Waals surface area contributed by atoms with Crippen LogP contribution in [0, 0.1) is 11.6 Å². The molecule has 2 nitrogen and oxygen atoms in total. The molecular formula is C13H15F2NO. The second-order valence-corrected chi connectivity index (χ2v) is 4.67. The highest BCUT2D eigenvalue weighted by Gasteiger charge is 2.36. The molecule has 1 aromatic carbocycles. The van der Waals surface area contributed by atoms with Crippen LogP contribution in [-0.4, -0.2) is 17.9 Å². The van der Waals surface area contributed by atoms with Gasteiger partial charge in [-0.2, -0.15) is 0 Å². The van der Waals surface area contributed by atoms with Crippen LogP contribution in [-0.2, 0) is 0 Å². The van der Waals surface area contributed by atoms with E-state index in [0.717, 1.165) is 31.5 Å². The van der Waals surface area contributed by atoms with Crippen LogP contribution < -0.4 is 5.32 Å². The van der Waals surface area contributed by atoms with Gasteiger partial charge in [-0.05, 0) is 44.9 Å². The first-order valence-corrected chi connectivity index (χ1v) is 5.78. The summed E-state index contributed by atoms with van der Waals surface area (Å²) in [7, 11) is 0. The van der Waals surface area contributed by atoms with E-state index in [-0.39, 0.29) is 11.3 Å². The fourth-order valence-electron chi connectivity index (χ4n) is 2.22. The third-order valence-corrected chi connectivity index (χ3v) is 3.30. The summed E-state index contributed by atoms with van der Waals surface area (Å²) >= 11 is 0. The van der Waals surface area contributed by atoms with Crippen LogP contribution in [0.3, 0.4) is 0 Å². The Labute approximate surface area is 99.0 Å². The SMILES string of the molecule is CC1(C(=O)c2ccc(F)cc2F)CCCCN1. The molecule has 92 valence electrons. The lowest BCUT2D eigenvalue weighted by molar-refractivity contribution is 0.0830. The number of carbonyl (C=O) groups excluding carboxylic acids is 1. The maximum Gasteiger partial charge on any atom is 0.185 e. The second kappa shape index (κ2) is 4.53. The lowest BCUT2D eigenvalue weighted by Gasteiger charge is -2.33. The van der Waals surface area contributed by atoms with Gasteiger partial charge in [-0.3, -0.25) is 4.79 Å². The Morgan fingerprint density at radius 2 is 2.12 bits per heavy atom. The molecule has 1 N–H and O–H groups in total. The van der Waals surface area contributed by atoms with Gasteiger partial charge in [0.2, 0.25) is 0 Å². The maximum absolute atomic E-state index is 13.5. The van der Waals surface area contributed by atoms with Crippen LogP contribution in [0.1, 0.15) is 36.5 Å². The Bertz CT molecular complexity index is 439. The summed E-state index contributed by atoms with van der Waals surface area (Å²) in [6.45, 7) is 2.53. The maximum atomic E-state index is 13.5. The zero-order chi connectivity index (χ0) is 12.5. The van der Waals surface area contributed by atoms with Crippen molar-refractivity contribution in [2.24, 2.45) is 0 Å². The highest BCUT2D eigenvalue weighted by Crippen LogP contribution is 2.24. The van der Waals surface area contributed by atoms with Crippen molar-refractivity contribution in [3.05, 3.63) is 35.4 Å². The molecule has 0 radical (unpaired) electrons. The number of benzene rings is 1. The van der Waals surface area contributed by atoms with Crippen molar-refractivity contribution >= 4 is 5.78 Å². The van der Waals surface area contributed by atoms with Crippen molar-refractivity contribution in [3.63, 3.8) is 0 Å². The van der Waals surface area contributed by atoms with E-state index in [4.69, 9.17) is 0 Å². The number of rotatable bonds is 2. The fourth-order valence-corrected chi connectivity index (χ4v) is 2.22. The standard InChI is InChI=1S/C13H15F2NO/c1-13(6-2-3-7-16-13)12(17)10-5-4-9(14)8-11(10)15/h4-5,8,16H,2-3,6-7H2,1H3. The van der Waals surface area contributed by atoms with Crippen LogP contribution in [0.4, 0.5) is 8.78 Å². The largest absolute Gasteiger partial charge is 0.305 e. The van der Waals surface area contributed by atoms with Gasteiger partial charge >= 0.3 is 0 Å². The van der Waals surface area contributed by atoms with Crippen LogP contribution >= 0.6 is 0 Å². The van der Waals surface area contributed by atoms with Gasteiger partial charge in [0.25, 0.3) is 0 Å². The molecule has 0 aliphatic carbocycles.